The second-order valence-electron chi connectivity index (χ2n) is 7.53. The minimum Gasteiger partial charge on any atom is -0.491 e. The van der Waals surface area contributed by atoms with E-state index in [9.17, 15) is 14.0 Å². The van der Waals surface area contributed by atoms with Gasteiger partial charge in [-0.2, -0.15) is 0 Å². The van der Waals surface area contributed by atoms with Gasteiger partial charge in [0.15, 0.2) is 0 Å². The summed E-state index contributed by atoms with van der Waals surface area (Å²) in [5.74, 6) is 0.0685. The van der Waals surface area contributed by atoms with Crippen molar-refractivity contribution >= 4 is 23.2 Å². The summed E-state index contributed by atoms with van der Waals surface area (Å²) >= 11 is 1.69. The molecule has 0 bridgehead atoms. The average molecular weight is 417 g/mol. The molecule has 1 aliphatic carbocycles. The van der Waals surface area contributed by atoms with Crippen LogP contribution in [0.2, 0.25) is 0 Å². The highest BCUT2D eigenvalue weighted by molar-refractivity contribution is 7.10. The second kappa shape index (κ2) is 8.53. The summed E-state index contributed by atoms with van der Waals surface area (Å²) in [6.45, 7) is 2.80. The zero-order valence-electron chi connectivity index (χ0n) is 16.5. The number of rotatable bonds is 7. The summed E-state index contributed by atoms with van der Waals surface area (Å²) in [5, 5.41) is 2.03. The molecule has 5 nitrogen and oxygen atoms in total. The van der Waals surface area contributed by atoms with E-state index in [1.807, 2.05) is 23.3 Å². The maximum absolute atomic E-state index is 13.5. The Morgan fingerprint density at radius 1 is 1.31 bits per heavy atom. The van der Waals surface area contributed by atoms with Crippen molar-refractivity contribution < 1.29 is 18.7 Å². The predicted molar refractivity (Wildman–Crippen MR) is 109 cm³/mol. The SMILES string of the molecule is CCC(=O)N(CC(=O)N1CCc2sccc2[C@H]1COc1cccc(F)c1)C1CC1. The van der Waals surface area contributed by atoms with Crippen LogP contribution in [0, 0.1) is 5.82 Å². The van der Waals surface area contributed by atoms with Gasteiger partial charge in [-0.1, -0.05) is 13.0 Å². The molecule has 0 unspecified atom stereocenters. The van der Waals surface area contributed by atoms with Gasteiger partial charge in [-0.15, -0.1) is 11.3 Å². The van der Waals surface area contributed by atoms with E-state index in [0.717, 1.165) is 24.8 Å². The van der Waals surface area contributed by atoms with Crippen LogP contribution in [0.25, 0.3) is 0 Å². The summed E-state index contributed by atoms with van der Waals surface area (Å²) in [5.41, 5.74) is 1.09. The van der Waals surface area contributed by atoms with E-state index in [0.29, 0.717) is 18.7 Å². The van der Waals surface area contributed by atoms with Crippen LogP contribution < -0.4 is 4.74 Å². The molecule has 1 fully saturated rings. The lowest BCUT2D eigenvalue weighted by Gasteiger charge is -2.37. The molecule has 0 N–H and O–H groups in total. The van der Waals surface area contributed by atoms with Crippen molar-refractivity contribution in [3.05, 3.63) is 52.0 Å². The van der Waals surface area contributed by atoms with Crippen molar-refractivity contribution in [1.29, 1.82) is 0 Å². The number of hydrogen-bond donors (Lipinski definition) is 0. The molecule has 29 heavy (non-hydrogen) atoms. The van der Waals surface area contributed by atoms with Gasteiger partial charge in [-0.3, -0.25) is 9.59 Å². The normalized spacial score (nSPS) is 18.3. The molecular weight excluding hydrogens is 391 g/mol. The minimum absolute atomic E-state index is 0.0293. The van der Waals surface area contributed by atoms with Gasteiger partial charge in [0.05, 0.1) is 6.04 Å². The van der Waals surface area contributed by atoms with Crippen molar-refractivity contribution in [2.75, 3.05) is 19.7 Å². The Labute approximate surface area is 174 Å². The number of carbonyl (C=O) groups is 2. The molecule has 0 saturated heterocycles. The molecule has 1 aromatic carbocycles. The topological polar surface area (TPSA) is 49.9 Å². The Morgan fingerprint density at radius 3 is 2.86 bits per heavy atom. The highest BCUT2D eigenvalue weighted by Gasteiger charge is 2.37. The molecule has 2 amide bonds. The Hall–Kier alpha value is -2.41. The van der Waals surface area contributed by atoms with Crippen molar-refractivity contribution in [3.63, 3.8) is 0 Å². The van der Waals surface area contributed by atoms with Crippen LogP contribution in [0.3, 0.4) is 0 Å². The third kappa shape index (κ3) is 4.45. The van der Waals surface area contributed by atoms with Crippen molar-refractivity contribution in [1.82, 2.24) is 9.80 Å². The van der Waals surface area contributed by atoms with Crippen LogP contribution in [0.4, 0.5) is 4.39 Å². The molecule has 1 saturated carbocycles. The van der Waals surface area contributed by atoms with E-state index >= 15 is 0 Å². The molecule has 1 atom stereocenters. The van der Waals surface area contributed by atoms with Crippen LogP contribution in [-0.4, -0.2) is 47.4 Å². The third-order valence-corrected chi connectivity index (χ3v) is 6.53. The molecule has 2 heterocycles. The van der Waals surface area contributed by atoms with E-state index in [1.54, 1.807) is 28.4 Å². The van der Waals surface area contributed by atoms with Crippen molar-refractivity contribution in [2.24, 2.45) is 0 Å². The van der Waals surface area contributed by atoms with Crippen LogP contribution in [-0.2, 0) is 16.0 Å². The second-order valence-corrected chi connectivity index (χ2v) is 8.53. The van der Waals surface area contributed by atoms with Crippen LogP contribution >= 0.6 is 11.3 Å². The summed E-state index contributed by atoms with van der Waals surface area (Å²) in [4.78, 5) is 30.3. The maximum Gasteiger partial charge on any atom is 0.242 e. The Balaban J connectivity index is 1.51. The Kier molecular flexibility index (Phi) is 5.85. The molecule has 1 aliphatic heterocycles. The van der Waals surface area contributed by atoms with Crippen LogP contribution in [0.15, 0.2) is 35.7 Å². The molecule has 7 heteroatoms. The Bertz CT molecular complexity index is 896. The Morgan fingerprint density at radius 2 is 2.14 bits per heavy atom. The smallest absolute Gasteiger partial charge is 0.242 e. The fraction of sp³-hybridized carbons (Fsp3) is 0.455. The van der Waals surface area contributed by atoms with Crippen molar-refractivity contribution in [2.45, 2.75) is 44.7 Å². The average Bonchev–Trinajstić information content (AvgIpc) is 3.45. The van der Waals surface area contributed by atoms with Gasteiger partial charge < -0.3 is 14.5 Å². The largest absolute Gasteiger partial charge is 0.491 e. The molecule has 2 aromatic rings. The lowest BCUT2D eigenvalue weighted by molar-refractivity contribution is -0.143. The van der Waals surface area contributed by atoms with Gasteiger partial charge in [-0.05, 0) is 48.4 Å². The van der Waals surface area contributed by atoms with Gasteiger partial charge in [0.25, 0.3) is 0 Å². The summed E-state index contributed by atoms with van der Waals surface area (Å²) in [6, 6.07) is 8.04. The maximum atomic E-state index is 13.5. The molecular formula is C22H25FN2O3S. The first-order valence-corrected chi connectivity index (χ1v) is 11.0. The molecule has 4 rings (SSSR count). The number of halogens is 1. The summed E-state index contributed by atoms with van der Waals surface area (Å²) in [6.07, 6.45) is 3.16. The minimum atomic E-state index is -0.353. The fourth-order valence-corrected chi connectivity index (χ4v) is 4.78. The van der Waals surface area contributed by atoms with E-state index in [2.05, 4.69) is 0 Å². The van der Waals surface area contributed by atoms with Gasteiger partial charge in [0.1, 0.15) is 24.7 Å². The first-order chi connectivity index (χ1) is 14.1. The number of ether oxygens (including phenoxy) is 1. The van der Waals surface area contributed by atoms with Gasteiger partial charge in [-0.25, -0.2) is 4.39 Å². The number of hydrogen-bond acceptors (Lipinski definition) is 4. The lowest BCUT2D eigenvalue weighted by Crippen LogP contribution is -2.48. The highest BCUT2D eigenvalue weighted by atomic mass is 32.1. The van der Waals surface area contributed by atoms with E-state index in [-0.39, 0.29) is 42.9 Å². The first-order valence-electron chi connectivity index (χ1n) is 10.1. The summed E-state index contributed by atoms with van der Waals surface area (Å²) in [7, 11) is 0. The third-order valence-electron chi connectivity index (χ3n) is 5.54. The van der Waals surface area contributed by atoms with Crippen LogP contribution in [0.1, 0.15) is 42.7 Å². The number of fused-ring (bicyclic) bond motifs is 1. The zero-order chi connectivity index (χ0) is 20.4. The van der Waals surface area contributed by atoms with E-state index in [1.165, 1.54) is 17.0 Å². The standard InChI is InChI=1S/C22H25FN2O3S/c1-2-21(26)25(16-6-7-16)13-22(27)24-10-8-20-18(9-11-29-20)19(24)14-28-17-5-3-4-15(23)12-17/h3-5,9,11-12,16,19H,2,6-8,10,13-14H2,1H3/t19-/m1/s1. The number of nitrogens with zero attached hydrogens (tertiary/aromatic N) is 2. The summed E-state index contributed by atoms with van der Waals surface area (Å²) < 4.78 is 19.3. The lowest BCUT2D eigenvalue weighted by atomic mass is 10.0. The van der Waals surface area contributed by atoms with Gasteiger partial charge in [0.2, 0.25) is 11.8 Å². The quantitative estimate of drug-likeness (QED) is 0.690. The highest BCUT2D eigenvalue weighted by Crippen LogP contribution is 2.35. The number of amides is 2. The number of carbonyl (C=O) groups excluding carboxylic acids is 2. The van der Waals surface area contributed by atoms with E-state index in [4.69, 9.17) is 4.74 Å². The molecule has 0 radical (unpaired) electrons. The number of benzene rings is 1. The monoisotopic (exact) mass is 416 g/mol. The first kappa shape index (κ1) is 19.9. The van der Waals surface area contributed by atoms with E-state index < -0.39 is 0 Å². The number of thiophene rings is 1. The fourth-order valence-electron chi connectivity index (χ4n) is 3.85. The van der Waals surface area contributed by atoms with Crippen molar-refractivity contribution in [3.8, 4) is 5.75 Å². The molecule has 2 aliphatic rings. The van der Waals surface area contributed by atoms with Gasteiger partial charge in [0, 0.05) is 30.0 Å². The van der Waals surface area contributed by atoms with Gasteiger partial charge >= 0.3 is 0 Å². The molecule has 1 aromatic heterocycles. The van der Waals surface area contributed by atoms with Crippen LogP contribution in [0.5, 0.6) is 5.75 Å². The molecule has 0 spiro atoms. The molecule has 154 valence electrons. The predicted octanol–water partition coefficient (Wildman–Crippen LogP) is 3.79. The zero-order valence-corrected chi connectivity index (χ0v) is 17.3.